The Morgan fingerprint density at radius 2 is 1.95 bits per heavy atom. The van der Waals surface area contributed by atoms with Crippen molar-refractivity contribution < 1.29 is 4.21 Å². The number of rotatable bonds is 6. The maximum Gasteiger partial charge on any atom is 0.0383 e. The van der Waals surface area contributed by atoms with Crippen LogP contribution in [0.1, 0.15) is 11.8 Å². The molecular formula is C15H19NOS2. The molecule has 0 fully saturated rings. The van der Waals surface area contributed by atoms with Crippen LogP contribution in [0.2, 0.25) is 0 Å². The lowest BCUT2D eigenvalue weighted by Gasteiger charge is -2.10. The van der Waals surface area contributed by atoms with Gasteiger partial charge in [-0.25, -0.2) is 0 Å². The van der Waals surface area contributed by atoms with E-state index in [-0.39, 0.29) is 6.04 Å². The van der Waals surface area contributed by atoms with Crippen molar-refractivity contribution >= 4 is 22.1 Å². The Morgan fingerprint density at radius 1 is 1.21 bits per heavy atom. The molecule has 1 N–H and O–H groups in total. The van der Waals surface area contributed by atoms with Crippen LogP contribution in [0.15, 0.2) is 42.5 Å². The van der Waals surface area contributed by atoms with E-state index in [9.17, 15) is 4.21 Å². The van der Waals surface area contributed by atoms with Crippen molar-refractivity contribution in [1.29, 1.82) is 0 Å². The fourth-order valence-electron chi connectivity index (χ4n) is 1.92. The molecule has 1 heterocycles. The number of benzene rings is 1. The minimum atomic E-state index is -0.737. The first-order valence-electron chi connectivity index (χ1n) is 6.32. The number of nitrogens with one attached hydrogen (secondary N) is 1. The monoisotopic (exact) mass is 293 g/mol. The Kier molecular flexibility index (Phi) is 5.31. The lowest BCUT2D eigenvalue weighted by atomic mass is 10.2. The van der Waals surface area contributed by atoms with E-state index < -0.39 is 10.8 Å². The predicted molar refractivity (Wildman–Crippen MR) is 85.0 cm³/mol. The molecule has 1 aromatic heterocycles. The molecule has 0 saturated carbocycles. The van der Waals surface area contributed by atoms with Gasteiger partial charge in [-0.05, 0) is 24.6 Å². The summed E-state index contributed by atoms with van der Waals surface area (Å²) in [4.78, 5) is 2.61. The Labute approximate surface area is 121 Å². The minimum Gasteiger partial charge on any atom is -0.308 e. The quantitative estimate of drug-likeness (QED) is 0.885. The fraction of sp³-hybridized carbons (Fsp3) is 0.333. The molecule has 2 nitrogen and oxygen atoms in total. The van der Waals surface area contributed by atoms with Crippen molar-refractivity contribution in [3.8, 4) is 10.4 Å². The average Bonchev–Trinajstić information content (AvgIpc) is 2.85. The largest absolute Gasteiger partial charge is 0.308 e. The normalized spacial score (nSPS) is 14.2. The maximum atomic E-state index is 11.1. The van der Waals surface area contributed by atoms with Gasteiger partial charge in [0.2, 0.25) is 0 Å². The molecule has 102 valence electrons. The van der Waals surface area contributed by atoms with E-state index in [4.69, 9.17) is 0 Å². The molecule has 0 bridgehead atoms. The Hall–Kier alpha value is -0.970. The third-order valence-corrected chi connectivity index (χ3v) is 4.93. The molecule has 0 aliphatic heterocycles. The standard InChI is InChI=1S/C15H19NOS2/c1-12(11-19(2)17)16-10-14-8-9-15(18-14)13-6-4-3-5-7-13/h3-9,12,16H,10-11H2,1-2H3. The molecule has 2 atom stereocenters. The van der Waals surface area contributed by atoms with Crippen LogP contribution < -0.4 is 5.32 Å². The van der Waals surface area contributed by atoms with E-state index in [0.717, 1.165) is 6.54 Å². The van der Waals surface area contributed by atoms with Gasteiger partial charge in [-0.1, -0.05) is 30.3 Å². The predicted octanol–water partition coefficient (Wildman–Crippen LogP) is 3.27. The summed E-state index contributed by atoms with van der Waals surface area (Å²) in [5, 5.41) is 3.41. The molecule has 0 saturated heterocycles. The summed E-state index contributed by atoms with van der Waals surface area (Å²) in [6.45, 7) is 2.92. The molecule has 2 aromatic rings. The van der Waals surface area contributed by atoms with Gasteiger partial charge in [-0.15, -0.1) is 11.3 Å². The maximum absolute atomic E-state index is 11.1. The van der Waals surface area contributed by atoms with E-state index in [1.54, 1.807) is 6.26 Å². The van der Waals surface area contributed by atoms with Crippen LogP contribution >= 0.6 is 11.3 Å². The summed E-state index contributed by atoms with van der Waals surface area (Å²) in [6.07, 6.45) is 1.75. The highest BCUT2D eigenvalue weighted by molar-refractivity contribution is 7.84. The number of thiophene rings is 1. The SMILES string of the molecule is CC(CS(C)=O)NCc1ccc(-c2ccccc2)s1. The second-order valence-electron chi connectivity index (χ2n) is 4.65. The van der Waals surface area contributed by atoms with E-state index >= 15 is 0 Å². The van der Waals surface area contributed by atoms with Gasteiger partial charge in [0.15, 0.2) is 0 Å². The van der Waals surface area contributed by atoms with E-state index in [0.29, 0.717) is 5.75 Å². The van der Waals surface area contributed by atoms with Crippen LogP contribution in [-0.4, -0.2) is 22.3 Å². The van der Waals surface area contributed by atoms with Crippen LogP contribution in [-0.2, 0) is 17.3 Å². The first-order valence-corrected chi connectivity index (χ1v) is 8.87. The zero-order valence-electron chi connectivity index (χ0n) is 11.3. The molecular weight excluding hydrogens is 274 g/mol. The van der Waals surface area contributed by atoms with Gasteiger partial charge in [-0.2, -0.15) is 0 Å². The molecule has 0 spiro atoms. The van der Waals surface area contributed by atoms with Crippen LogP contribution in [0.5, 0.6) is 0 Å². The molecule has 0 aliphatic rings. The topological polar surface area (TPSA) is 29.1 Å². The van der Waals surface area contributed by atoms with E-state index in [2.05, 4.69) is 48.6 Å². The molecule has 19 heavy (non-hydrogen) atoms. The summed E-state index contributed by atoms with van der Waals surface area (Å²) in [7, 11) is -0.737. The Morgan fingerprint density at radius 3 is 2.63 bits per heavy atom. The number of hydrogen-bond acceptors (Lipinski definition) is 3. The highest BCUT2D eigenvalue weighted by atomic mass is 32.2. The molecule has 0 aliphatic carbocycles. The van der Waals surface area contributed by atoms with Crippen LogP contribution in [0.4, 0.5) is 0 Å². The zero-order valence-corrected chi connectivity index (χ0v) is 12.9. The van der Waals surface area contributed by atoms with Crippen molar-refractivity contribution in [3.63, 3.8) is 0 Å². The average molecular weight is 293 g/mol. The van der Waals surface area contributed by atoms with Gasteiger partial charge in [0.05, 0.1) is 0 Å². The first-order chi connectivity index (χ1) is 9.15. The van der Waals surface area contributed by atoms with Gasteiger partial charge >= 0.3 is 0 Å². The highest BCUT2D eigenvalue weighted by Crippen LogP contribution is 2.27. The Bertz CT molecular complexity index is 536. The lowest BCUT2D eigenvalue weighted by molar-refractivity contribution is 0.591. The lowest BCUT2D eigenvalue weighted by Crippen LogP contribution is -2.30. The molecule has 0 radical (unpaired) electrons. The molecule has 1 aromatic carbocycles. The van der Waals surface area contributed by atoms with Gasteiger partial charge in [0, 0.05) is 45.1 Å². The van der Waals surface area contributed by atoms with Crippen molar-refractivity contribution in [3.05, 3.63) is 47.3 Å². The summed E-state index contributed by atoms with van der Waals surface area (Å²) in [5.74, 6) is 0.705. The van der Waals surface area contributed by atoms with Gasteiger partial charge in [0.1, 0.15) is 0 Å². The minimum absolute atomic E-state index is 0.285. The van der Waals surface area contributed by atoms with Gasteiger partial charge in [-0.3, -0.25) is 4.21 Å². The Balaban J connectivity index is 1.93. The fourth-order valence-corrected chi connectivity index (χ4v) is 3.70. The third-order valence-electron chi connectivity index (χ3n) is 2.83. The zero-order chi connectivity index (χ0) is 13.7. The molecule has 2 unspecified atom stereocenters. The second-order valence-corrected chi connectivity index (χ2v) is 7.30. The highest BCUT2D eigenvalue weighted by Gasteiger charge is 2.06. The van der Waals surface area contributed by atoms with Crippen LogP contribution in [0.3, 0.4) is 0 Å². The third kappa shape index (κ3) is 4.56. The second kappa shape index (κ2) is 6.98. The van der Waals surface area contributed by atoms with Crippen molar-refractivity contribution in [2.75, 3.05) is 12.0 Å². The summed E-state index contributed by atoms with van der Waals surface area (Å²) in [5.41, 5.74) is 1.27. The van der Waals surface area contributed by atoms with Gasteiger partial charge < -0.3 is 5.32 Å². The number of hydrogen-bond donors (Lipinski definition) is 1. The first kappa shape index (κ1) is 14.4. The van der Waals surface area contributed by atoms with Crippen molar-refractivity contribution in [2.24, 2.45) is 0 Å². The van der Waals surface area contributed by atoms with E-state index in [1.165, 1.54) is 15.3 Å². The van der Waals surface area contributed by atoms with Gasteiger partial charge in [0.25, 0.3) is 0 Å². The molecule has 2 rings (SSSR count). The van der Waals surface area contributed by atoms with Crippen LogP contribution in [0, 0.1) is 0 Å². The van der Waals surface area contributed by atoms with E-state index in [1.807, 2.05) is 17.4 Å². The summed E-state index contributed by atoms with van der Waals surface area (Å²) in [6, 6.07) is 15.0. The van der Waals surface area contributed by atoms with Crippen molar-refractivity contribution in [1.82, 2.24) is 5.32 Å². The smallest absolute Gasteiger partial charge is 0.0383 e. The van der Waals surface area contributed by atoms with Crippen LogP contribution in [0.25, 0.3) is 10.4 Å². The molecule has 4 heteroatoms. The summed E-state index contributed by atoms with van der Waals surface area (Å²) < 4.78 is 11.1. The molecule has 0 amide bonds. The van der Waals surface area contributed by atoms with Crippen molar-refractivity contribution in [2.45, 2.75) is 19.5 Å². The summed E-state index contributed by atoms with van der Waals surface area (Å²) >= 11 is 1.81.